The van der Waals surface area contributed by atoms with Gasteiger partial charge in [0.2, 0.25) is 0 Å². The van der Waals surface area contributed by atoms with Crippen molar-refractivity contribution in [2.75, 3.05) is 30.8 Å². The van der Waals surface area contributed by atoms with E-state index in [0.717, 1.165) is 46.6 Å². The van der Waals surface area contributed by atoms with Crippen molar-refractivity contribution in [3.8, 4) is 11.3 Å². The van der Waals surface area contributed by atoms with Gasteiger partial charge in [0.15, 0.2) is 11.5 Å². The molecule has 2 amide bonds. The first kappa shape index (κ1) is 21.6. The van der Waals surface area contributed by atoms with Gasteiger partial charge in [-0.2, -0.15) is 0 Å². The van der Waals surface area contributed by atoms with Crippen LogP contribution in [0.2, 0.25) is 0 Å². The van der Waals surface area contributed by atoms with E-state index in [1.165, 1.54) is 11.1 Å². The van der Waals surface area contributed by atoms with Gasteiger partial charge >= 0.3 is 6.03 Å². The molecule has 4 rings (SSSR count). The highest BCUT2D eigenvalue weighted by Gasteiger charge is 2.16. The van der Waals surface area contributed by atoms with Crippen molar-refractivity contribution in [1.82, 2.24) is 19.7 Å². The lowest BCUT2D eigenvalue weighted by Crippen LogP contribution is -2.24. The molecule has 166 valence electrons. The molecular formula is C24H28N6O2. The number of hydrogen-bond acceptors (Lipinski definition) is 5. The molecule has 2 heterocycles. The topological polar surface area (TPSA) is 104 Å². The molecule has 0 unspecified atom stereocenters. The zero-order valence-corrected chi connectivity index (χ0v) is 18.6. The zero-order valence-electron chi connectivity index (χ0n) is 18.6. The maximum Gasteiger partial charge on any atom is 0.318 e. The number of rotatable bonds is 7. The van der Waals surface area contributed by atoms with Crippen LogP contribution in [0.5, 0.6) is 0 Å². The molecule has 0 aliphatic rings. The minimum absolute atomic E-state index is 0.180. The number of nitrogens with one attached hydrogen (secondary N) is 3. The predicted molar refractivity (Wildman–Crippen MR) is 128 cm³/mol. The van der Waals surface area contributed by atoms with Crippen LogP contribution in [-0.2, 0) is 0 Å². The van der Waals surface area contributed by atoms with Crippen LogP contribution < -0.4 is 16.0 Å². The summed E-state index contributed by atoms with van der Waals surface area (Å²) >= 11 is 0. The van der Waals surface area contributed by atoms with Gasteiger partial charge in [-0.1, -0.05) is 12.1 Å². The molecule has 8 heteroatoms. The van der Waals surface area contributed by atoms with Gasteiger partial charge in [-0.3, -0.25) is 4.40 Å². The Hall–Kier alpha value is -3.65. The molecule has 2 aromatic carbocycles. The molecule has 0 radical (unpaired) electrons. The number of aryl methyl sites for hydroxylation is 2. The first-order chi connectivity index (χ1) is 15.5. The fourth-order valence-corrected chi connectivity index (χ4v) is 3.67. The van der Waals surface area contributed by atoms with Crippen LogP contribution in [0.1, 0.15) is 24.0 Å². The first-order valence-electron chi connectivity index (χ1n) is 10.7. The van der Waals surface area contributed by atoms with Gasteiger partial charge in [0.1, 0.15) is 0 Å². The lowest BCUT2D eigenvalue weighted by molar-refractivity contribution is 0.254. The van der Waals surface area contributed by atoms with Gasteiger partial charge in [-0.25, -0.2) is 14.8 Å². The highest BCUT2D eigenvalue weighted by molar-refractivity contribution is 5.90. The Morgan fingerprint density at radius 1 is 1.09 bits per heavy atom. The van der Waals surface area contributed by atoms with Gasteiger partial charge in [-0.05, 0) is 62.1 Å². The lowest BCUT2D eigenvalue weighted by Gasteiger charge is -2.13. The molecule has 0 spiro atoms. The minimum Gasteiger partial charge on any atom is -0.396 e. The molecule has 4 aromatic rings. The summed E-state index contributed by atoms with van der Waals surface area (Å²) < 4.78 is 2.13. The molecule has 8 nitrogen and oxygen atoms in total. The van der Waals surface area contributed by atoms with Crippen molar-refractivity contribution in [3.63, 3.8) is 0 Å². The van der Waals surface area contributed by atoms with Crippen molar-refractivity contribution >= 4 is 34.2 Å². The number of amides is 2. The Kier molecular flexibility index (Phi) is 6.23. The number of carbonyl (C=O) groups is 1. The molecule has 0 fully saturated rings. The normalized spacial score (nSPS) is 11.1. The van der Waals surface area contributed by atoms with Crippen molar-refractivity contribution in [2.24, 2.45) is 0 Å². The van der Waals surface area contributed by atoms with E-state index < -0.39 is 0 Å². The number of imidazole rings is 1. The number of unbranched alkanes of at least 4 members (excludes halogenated alkanes) is 1. The van der Waals surface area contributed by atoms with Crippen LogP contribution in [0.15, 0.2) is 42.6 Å². The third-order valence-corrected chi connectivity index (χ3v) is 5.58. The van der Waals surface area contributed by atoms with E-state index in [-0.39, 0.29) is 12.6 Å². The molecular weight excluding hydrogens is 404 g/mol. The van der Waals surface area contributed by atoms with E-state index in [0.29, 0.717) is 12.2 Å². The van der Waals surface area contributed by atoms with Crippen LogP contribution in [0.4, 0.5) is 16.3 Å². The molecule has 0 saturated heterocycles. The van der Waals surface area contributed by atoms with Gasteiger partial charge in [-0.15, -0.1) is 0 Å². The Bertz CT molecular complexity index is 1260. The summed E-state index contributed by atoms with van der Waals surface area (Å²) in [6.45, 7) is 5.07. The van der Waals surface area contributed by atoms with Crippen LogP contribution in [0.3, 0.4) is 0 Å². The maximum atomic E-state index is 11.6. The smallest absolute Gasteiger partial charge is 0.318 e. The third kappa shape index (κ3) is 4.22. The Morgan fingerprint density at radius 2 is 1.84 bits per heavy atom. The van der Waals surface area contributed by atoms with Crippen molar-refractivity contribution < 1.29 is 9.90 Å². The van der Waals surface area contributed by atoms with Crippen LogP contribution in [0.25, 0.3) is 27.9 Å². The van der Waals surface area contributed by atoms with Gasteiger partial charge in [0, 0.05) is 31.5 Å². The van der Waals surface area contributed by atoms with E-state index in [9.17, 15) is 4.79 Å². The molecule has 4 N–H and O–H groups in total. The highest BCUT2D eigenvalue weighted by Crippen LogP contribution is 2.30. The summed E-state index contributed by atoms with van der Waals surface area (Å²) in [4.78, 5) is 21.1. The second-order valence-electron chi connectivity index (χ2n) is 7.83. The van der Waals surface area contributed by atoms with Crippen molar-refractivity contribution in [3.05, 3.63) is 53.7 Å². The van der Waals surface area contributed by atoms with E-state index >= 15 is 0 Å². The summed E-state index contributed by atoms with van der Waals surface area (Å²) in [5.74, 6) is 0.725. The zero-order chi connectivity index (χ0) is 22.7. The maximum absolute atomic E-state index is 11.6. The Balaban J connectivity index is 1.82. The van der Waals surface area contributed by atoms with Gasteiger partial charge in [0.25, 0.3) is 0 Å². The number of nitrogens with zero attached hydrogens (tertiary/aromatic N) is 3. The van der Waals surface area contributed by atoms with Crippen molar-refractivity contribution in [2.45, 2.75) is 26.7 Å². The molecule has 0 atom stereocenters. The molecule has 0 aliphatic carbocycles. The summed E-state index contributed by atoms with van der Waals surface area (Å²) in [5.41, 5.74) is 7.65. The number of aliphatic hydroxyl groups excluding tert-OH is 1. The number of fused-ring (bicyclic) bond motifs is 3. The number of urea groups is 1. The fourth-order valence-electron chi connectivity index (χ4n) is 3.67. The number of aliphatic hydroxyl groups is 1. The number of hydrogen-bond donors (Lipinski definition) is 4. The number of anilines is 2. The molecule has 2 aromatic heterocycles. The quantitative estimate of drug-likeness (QED) is 0.329. The fraction of sp³-hybridized carbons (Fsp3) is 0.292. The standard InChI is InChI=1S/C24H28N6O2/c1-15-12-19-20(13-16(15)2)30-21(17-6-8-18(9-7-17)28-24(32)25-3)14-27-23(30)22(29-19)26-10-4-5-11-31/h6-9,12-14,31H,4-5,10-11H2,1-3H3,(H,26,29)(H2,25,28,32). The molecule has 32 heavy (non-hydrogen) atoms. The summed E-state index contributed by atoms with van der Waals surface area (Å²) in [5, 5.41) is 17.8. The van der Waals surface area contributed by atoms with Crippen molar-refractivity contribution in [1.29, 1.82) is 0 Å². The predicted octanol–water partition coefficient (Wildman–Crippen LogP) is 4.10. The lowest BCUT2D eigenvalue weighted by atomic mass is 10.1. The SMILES string of the molecule is CNC(=O)Nc1ccc(-c2cnc3c(NCCCCO)nc4cc(C)c(C)cc4n23)cc1. The highest BCUT2D eigenvalue weighted by atomic mass is 16.3. The second-order valence-corrected chi connectivity index (χ2v) is 7.83. The molecule has 0 aliphatic heterocycles. The Labute approximate surface area is 186 Å². The number of aromatic nitrogens is 3. The summed E-state index contributed by atoms with van der Waals surface area (Å²) in [6.07, 6.45) is 3.44. The summed E-state index contributed by atoms with van der Waals surface area (Å²) in [7, 11) is 1.58. The number of benzene rings is 2. The third-order valence-electron chi connectivity index (χ3n) is 5.58. The van der Waals surface area contributed by atoms with Crippen LogP contribution in [-0.4, -0.2) is 45.7 Å². The first-order valence-corrected chi connectivity index (χ1v) is 10.7. The number of carbonyl (C=O) groups excluding carboxylic acids is 1. The van der Waals surface area contributed by atoms with Crippen LogP contribution >= 0.6 is 0 Å². The minimum atomic E-state index is -0.257. The van der Waals surface area contributed by atoms with E-state index in [4.69, 9.17) is 10.1 Å². The Morgan fingerprint density at radius 3 is 2.56 bits per heavy atom. The second kappa shape index (κ2) is 9.23. The van der Waals surface area contributed by atoms with E-state index in [2.05, 4.69) is 51.3 Å². The van der Waals surface area contributed by atoms with E-state index in [1.54, 1.807) is 7.05 Å². The average molecular weight is 433 g/mol. The monoisotopic (exact) mass is 432 g/mol. The largest absolute Gasteiger partial charge is 0.396 e. The van der Waals surface area contributed by atoms with Gasteiger partial charge < -0.3 is 21.1 Å². The van der Waals surface area contributed by atoms with E-state index in [1.807, 2.05) is 30.5 Å². The average Bonchev–Trinajstić information content (AvgIpc) is 3.24. The summed E-state index contributed by atoms with van der Waals surface area (Å²) in [6, 6.07) is 11.7. The van der Waals surface area contributed by atoms with Gasteiger partial charge in [0.05, 0.1) is 22.9 Å². The molecule has 0 bridgehead atoms. The van der Waals surface area contributed by atoms with Crippen LogP contribution in [0, 0.1) is 13.8 Å². The molecule has 0 saturated carbocycles.